The van der Waals surface area contributed by atoms with Gasteiger partial charge in [0, 0.05) is 13.1 Å². The lowest BCUT2D eigenvalue weighted by Gasteiger charge is -2.31. The first kappa shape index (κ1) is 15.4. The van der Waals surface area contributed by atoms with Crippen molar-refractivity contribution in [1.29, 1.82) is 0 Å². The Morgan fingerprint density at radius 1 is 1.30 bits per heavy atom. The molecule has 1 aliphatic rings. The van der Waals surface area contributed by atoms with Gasteiger partial charge >= 0.3 is 0 Å². The standard InChI is InChI=1S/C14H21NO4S/c1-2-14-9-15(7-8-19-14)20(17,18)11-13-5-3-12(10-16)4-6-13/h3-6,14,16H,2,7-11H2,1H3. The molecule has 1 unspecified atom stereocenters. The molecule has 2 rings (SSSR count). The first-order chi connectivity index (χ1) is 9.55. The first-order valence-electron chi connectivity index (χ1n) is 6.83. The highest BCUT2D eigenvalue weighted by Gasteiger charge is 2.28. The Labute approximate surface area is 120 Å². The molecule has 1 aromatic carbocycles. The van der Waals surface area contributed by atoms with Gasteiger partial charge in [0.25, 0.3) is 0 Å². The van der Waals surface area contributed by atoms with E-state index in [0.29, 0.717) is 19.7 Å². The molecule has 1 fully saturated rings. The minimum absolute atomic E-state index is 0.00436. The topological polar surface area (TPSA) is 66.8 Å². The maximum absolute atomic E-state index is 12.4. The summed E-state index contributed by atoms with van der Waals surface area (Å²) >= 11 is 0. The van der Waals surface area contributed by atoms with Crippen molar-refractivity contribution < 1.29 is 18.3 Å². The minimum atomic E-state index is -3.31. The molecule has 0 spiro atoms. The van der Waals surface area contributed by atoms with Crippen LogP contribution in [-0.4, -0.2) is 43.6 Å². The quantitative estimate of drug-likeness (QED) is 0.885. The lowest BCUT2D eigenvalue weighted by Crippen LogP contribution is -2.45. The van der Waals surface area contributed by atoms with E-state index in [2.05, 4.69) is 0 Å². The summed E-state index contributed by atoms with van der Waals surface area (Å²) in [5.41, 5.74) is 1.52. The number of aliphatic hydroxyl groups excluding tert-OH is 1. The van der Waals surface area contributed by atoms with Crippen LogP contribution in [0.15, 0.2) is 24.3 Å². The summed E-state index contributed by atoms with van der Waals surface area (Å²) < 4.78 is 31.8. The fourth-order valence-electron chi connectivity index (χ4n) is 2.23. The van der Waals surface area contributed by atoms with Gasteiger partial charge in [-0.3, -0.25) is 0 Å². The van der Waals surface area contributed by atoms with Crippen molar-refractivity contribution in [2.75, 3.05) is 19.7 Å². The lowest BCUT2D eigenvalue weighted by atomic mass is 10.2. The van der Waals surface area contributed by atoms with Gasteiger partial charge in [-0.2, -0.15) is 4.31 Å². The zero-order valence-electron chi connectivity index (χ0n) is 11.7. The smallest absolute Gasteiger partial charge is 0.218 e. The van der Waals surface area contributed by atoms with Gasteiger partial charge in [0.2, 0.25) is 10.0 Å². The molecule has 112 valence electrons. The molecule has 0 saturated carbocycles. The average Bonchev–Trinajstić information content (AvgIpc) is 2.48. The van der Waals surface area contributed by atoms with Gasteiger partial charge in [-0.05, 0) is 17.5 Å². The van der Waals surface area contributed by atoms with Crippen LogP contribution in [-0.2, 0) is 27.1 Å². The van der Waals surface area contributed by atoms with Crippen LogP contribution < -0.4 is 0 Å². The second kappa shape index (κ2) is 6.67. The number of ether oxygens (including phenoxy) is 1. The summed E-state index contributed by atoms with van der Waals surface area (Å²) in [6, 6.07) is 7.00. The van der Waals surface area contributed by atoms with E-state index < -0.39 is 10.0 Å². The molecule has 1 N–H and O–H groups in total. The number of hydrogen-bond acceptors (Lipinski definition) is 4. The zero-order valence-corrected chi connectivity index (χ0v) is 12.5. The van der Waals surface area contributed by atoms with Crippen LogP contribution in [0.4, 0.5) is 0 Å². The number of rotatable bonds is 5. The number of hydrogen-bond donors (Lipinski definition) is 1. The Morgan fingerprint density at radius 2 is 1.95 bits per heavy atom. The van der Waals surface area contributed by atoms with E-state index in [4.69, 9.17) is 9.84 Å². The second-order valence-corrected chi connectivity index (χ2v) is 6.96. The molecular weight excluding hydrogens is 278 g/mol. The average molecular weight is 299 g/mol. The molecule has 1 atom stereocenters. The van der Waals surface area contributed by atoms with Crippen molar-refractivity contribution in [3.63, 3.8) is 0 Å². The fourth-order valence-corrected chi connectivity index (χ4v) is 3.78. The Hall–Kier alpha value is -0.950. The fraction of sp³-hybridized carbons (Fsp3) is 0.571. The van der Waals surface area contributed by atoms with E-state index in [9.17, 15) is 8.42 Å². The third kappa shape index (κ3) is 3.79. The molecular formula is C14H21NO4S. The van der Waals surface area contributed by atoms with Crippen molar-refractivity contribution in [2.45, 2.75) is 31.8 Å². The summed E-state index contributed by atoms with van der Waals surface area (Å²) in [6.07, 6.45) is 0.812. The van der Waals surface area contributed by atoms with Crippen LogP contribution in [0.2, 0.25) is 0 Å². The van der Waals surface area contributed by atoms with Crippen LogP contribution in [0, 0.1) is 0 Å². The second-order valence-electron chi connectivity index (χ2n) is 4.99. The summed E-state index contributed by atoms with van der Waals surface area (Å²) in [6.45, 7) is 3.28. The predicted octanol–water partition coefficient (Wildman–Crippen LogP) is 1.12. The summed E-state index contributed by atoms with van der Waals surface area (Å²) in [5, 5.41) is 8.98. The number of sulfonamides is 1. The third-order valence-corrected chi connectivity index (χ3v) is 5.32. The Bertz CT molecular complexity index is 527. The molecule has 1 aliphatic heterocycles. The monoisotopic (exact) mass is 299 g/mol. The molecule has 0 aromatic heterocycles. The van der Waals surface area contributed by atoms with Crippen LogP contribution >= 0.6 is 0 Å². The van der Waals surface area contributed by atoms with Crippen molar-refractivity contribution in [3.05, 3.63) is 35.4 Å². The van der Waals surface area contributed by atoms with Gasteiger partial charge in [-0.1, -0.05) is 31.2 Å². The van der Waals surface area contributed by atoms with Gasteiger partial charge < -0.3 is 9.84 Å². The van der Waals surface area contributed by atoms with E-state index >= 15 is 0 Å². The van der Waals surface area contributed by atoms with E-state index in [1.807, 2.05) is 6.92 Å². The highest BCUT2D eigenvalue weighted by atomic mass is 32.2. The number of morpholine rings is 1. The molecule has 0 bridgehead atoms. The molecule has 1 saturated heterocycles. The van der Waals surface area contributed by atoms with Gasteiger partial charge in [-0.25, -0.2) is 8.42 Å². The summed E-state index contributed by atoms with van der Waals surface area (Å²) in [4.78, 5) is 0. The van der Waals surface area contributed by atoms with Crippen molar-refractivity contribution in [2.24, 2.45) is 0 Å². The van der Waals surface area contributed by atoms with Crippen molar-refractivity contribution >= 4 is 10.0 Å². The van der Waals surface area contributed by atoms with Crippen LogP contribution in [0.3, 0.4) is 0 Å². The molecule has 5 nitrogen and oxygen atoms in total. The Kier molecular flexibility index (Phi) is 5.15. The van der Waals surface area contributed by atoms with Gasteiger partial charge in [-0.15, -0.1) is 0 Å². The number of aliphatic hydroxyl groups is 1. The highest BCUT2D eigenvalue weighted by molar-refractivity contribution is 7.88. The Balaban J connectivity index is 2.05. The normalized spacial score (nSPS) is 21.0. The highest BCUT2D eigenvalue weighted by Crippen LogP contribution is 2.17. The molecule has 0 amide bonds. The molecule has 1 heterocycles. The van der Waals surface area contributed by atoms with Gasteiger partial charge in [0.15, 0.2) is 0 Å². The van der Waals surface area contributed by atoms with Crippen LogP contribution in [0.5, 0.6) is 0 Å². The summed E-state index contributed by atoms with van der Waals surface area (Å²) in [5.74, 6) is -0.00482. The predicted molar refractivity (Wildman–Crippen MR) is 76.6 cm³/mol. The largest absolute Gasteiger partial charge is 0.392 e. The van der Waals surface area contributed by atoms with E-state index in [0.717, 1.165) is 17.5 Å². The number of nitrogens with zero attached hydrogens (tertiary/aromatic N) is 1. The minimum Gasteiger partial charge on any atom is -0.392 e. The SMILES string of the molecule is CCC1CN(S(=O)(=O)Cc2ccc(CO)cc2)CCO1. The molecule has 20 heavy (non-hydrogen) atoms. The molecule has 0 aliphatic carbocycles. The first-order valence-corrected chi connectivity index (χ1v) is 8.44. The maximum atomic E-state index is 12.4. The third-order valence-electron chi connectivity index (χ3n) is 3.50. The van der Waals surface area contributed by atoms with Crippen LogP contribution in [0.25, 0.3) is 0 Å². The molecule has 1 aromatic rings. The maximum Gasteiger partial charge on any atom is 0.218 e. The summed E-state index contributed by atoms with van der Waals surface area (Å²) in [7, 11) is -3.31. The lowest BCUT2D eigenvalue weighted by molar-refractivity contribution is -0.00282. The van der Waals surface area contributed by atoms with Gasteiger partial charge in [0.1, 0.15) is 0 Å². The van der Waals surface area contributed by atoms with Crippen molar-refractivity contribution in [3.8, 4) is 0 Å². The van der Waals surface area contributed by atoms with E-state index in [1.165, 1.54) is 4.31 Å². The van der Waals surface area contributed by atoms with E-state index in [1.54, 1.807) is 24.3 Å². The molecule has 6 heteroatoms. The van der Waals surface area contributed by atoms with Gasteiger partial charge in [0.05, 0.1) is 25.1 Å². The van der Waals surface area contributed by atoms with E-state index in [-0.39, 0.29) is 18.5 Å². The number of benzene rings is 1. The molecule has 0 radical (unpaired) electrons. The Morgan fingerprint density at radius 3 is 2.55 bits per heavy atom. The van der Waals surface area contributed by atoms with Crippen molar-refractivity contribution in [1.82, 2.24) is 4.31 Å². The van der Waals surface area contributed by atoms with Crippen LogP contribution in [0.1, 0.15) is 24.5 Å². The zero-order chi connectivity index (χ0) is 14.6.